The summed E-state index contributed by atoms with van der Waals surface area (Å²) in [5.74, 6) is 0.849. The molecule has 1 aliphatic rings. The summed E-state index contributed by atoms with van der Waals surface area (Å²) in [6.45, 7) is 7.43. The average molecular weight is 474 g/mol. The maximum Gasteiger partial charge on any atom is 0.317 e. The Morgan fingerprint density at radius 1 is 0.939 bits per heavy atom. The molecular formula is C25H35N3O4S. The van der Waals surface area contributed by atoms with Crippen molar-refractivity contribution < 1.29 is 17.9 Å². The molecule has 2 amide bonds. The second-order valence-corrected chi connectivity index (χ2v) is 10.8. The highest BCUT2D eigenvalue weighted by Gasteiger charge is 2.29. The Hall–Kier alpha value is -2.58. The first-order chi connectivity index (χ1) is 15.7. The van der Waals surface area contributed by atoms with Crippen molar-refractivity contribution in [1.29, 1.82) is 0 Å². The van der Waals surface area contributed by atoms with Gasteiger partial charge in [-0.3, -0.25) is 0 Å². The zero-order chi connectivity index (χ0) is 23.8. The monoisotopic (exact) mass is 473 g/mol. The summed E-state index contributed by atoms with van der Waals surface area (Å²) in [7, 11) is -3.39. The minimum absolute atomic E-state index is 0.0123. The molecule has 8 heteroatoms. The summed E-state index contributed by atoms with van der Waals surface area (Å²) < 4.78 is 32.6. The first kappa shape index (κ1) is 25.1. The fraction of sp³-hybridized carbons (Fsp3) is 0.480. The van der Waals surface area contributed by atoms with Crippen molar-refractivity contribution in [2.24, 2.45) is 0 Å². The van der Waals surface area contributed by atoms with Crippen LogP contribution in [0.5, 0.6) is 5.75 Å². The van der Waals surface area contributed by atoms with Gasteiger partial charge in [0.05, 0.1) is 11.9 Å². The Kier molecular flexibility index (Phi) is 8.74. The highest BCUT2D eigenvalue weighted by molar-refractivity contribution is 7.88. The minimum Gasteiger partial charge on any atom is -0.491 e. The van der Waals surface area contributed by atoms with Crippen molar-refractivity contribution in [2.75, 3.05) is 26.2 Å². The lowest BCUT2D eigenvalue weighted by atomic mass is 10.1. The van der Waals surface area contributed by atoms with Gasteiger partial charge in [0.1, 0.15) is 5.75 Å². The highest BCUT2D eigenvalue weighted by atomic mass is 32.2. The third-order valence-electron chi connectivity index (χ3n) is 5.64. The van der Waals surface area contributed by atoms with Crippen LogP contribution in [0.2, 0.25) is 0 Å². The molecule has 1 heterocycles. The lowest BCUT2D eigenvalue weighted by molar-refractivity contribution is 0.169. The number of aryl methyl sites for hydroxylation is 1. The highest BCUT2D eigenvalue weighted by Crippen LogP contribution is 2.16. The van der Waals surface area contributed by atoms with Crippen molar-refractivity contribution in [3.8, 4) is 5.75 Å². The van der Waals surface area contributed by atoms with Gasteiger partial charge in [0.2, 0.25) is 10.0 Å². The predicted molar refractivity (Wildman–Crippen MR) is 131 cm³/mol. The number of rotatable bonds is 9. The number of sulfonamides is 1. The third kappa shape index (κ3) is 7.75. The standard InChI is InChI=1S/C25H35N3O4S/c1-20(2)32-24-13-11-22(12-14-24)10-9-21(3)26-25(29)27-15-17-28(18-16-27)33(30,31)19-23-7-5-4-6-8-23/h4-8,11-14,20-21H,9-10,15-19H2,1-3H3,(H,26,29). The quantitative estimate of drug-likeness (QED) is 0.603. The van der Waals surface area contributed by atoms with E-state index in [2.05, 4.69) is 17.4 Å². The van der Waals surface area contributed by atoms with Crippen molar-refractivity contribution in [3.05, 3.63) is 65.7 Å². The van der Waals surface area contributed by atoms with Crippen LogP contribution in [-0.4, -0.2) is 62.0 Å². The van der Waals surface area contributed by atoms with E-state index in [9.17, 15) is 13.2 Å². The van der Waals surface area contributed by atoms with E-state index in [-0.39, 0.29) is 23.9 Å². The van der Waals surface area contributed by atoms with Gasteiger partial charge in [-0.05, 0) is 56.9 Å². The molecule has 1 N–H and O–H groups in total. The number of hydrogen-bond acceptors (Lipinski definition) is 4. The fourth-order valence-electron chi connectivity index (χ4n) is 3.81. The number of ether oxygens (including phenoxy) is 1. The van der Waals surface area contributed by atoms with E-state index in [0.717, 1.165) is 24.2 Å². The fourth-order valence-corrected chi connectivity index (χ4v) is 5.33. The maximum atomic E-state index is 12.7. The second kappa shape index (κ2) is 11.5. The SMILES string of the molecule is CC(CCc1ccc(OC(C)C)cc1)NC(=O)N1CCN(S(=O)(=O)Cc2ccccc2)CC1. The Balaban J connectivity index is 1.41. The smallest absolute Gasteiger partial charge is 0.317 e. The van der Waals surface area contributed by atoms with Gasteiger partial charge in [0, 0.05) is 32.2 Å². The summed E-state index contributed by atoms with van der Waals surface area (Å²) in [5, 5.41) is 3.05. The molecule has 1 aliphatic heterocycles. The molecule has 0 saturated carbocycles. The number of nitrogens with one attached hydrogen (secondary N) is 1. The third-order valence-corrected chi connectivity index (χ3v) is 7.49. The summed E-state index contributed by atoms with van der Waals surface area (Å²) in [6.07, 6.45) is 1.83. The van der Waals surface area contributed by atoms with E-state index < -0.39 is 10.0 Å². The number of benzene rings is 2. The summed E-state index contributed by atoms with van der Waals surface area (Å²) >= 11 is 0. The van der Waals surface area contributed by atoms with E-state index in [0.29, 0.717) is 26.2 Å². The van der Waals surface area contributed by atoms with Crippen LogP contribution in [0.4, 0.5) is 4.79 Å². The van der Waals surface area contributed by atoms with Gasteiger partial charge in [-0.1, -0.05) is 42.5 Å². The molecule has 0 aromatic heterocycles. The molecule has 0 radical (unpaired) electrons. The summed E-state index contributed by atoms with van der Waals surface area (Å²) in [5.41, 5.74) is 1.97. The van der Waals surface area contributed by atoms with Crippen LogP contribution < -0.4 is 10.1 Å². The van der Waals surface area contributed by atoms with E-state index in [1.165, 1.54) is 9.87 Å². The van der Waals surface area contributed by atoms with Gasteiger partial charge in [0.25, 0.3) is 0 Å². The van der Waals surface area contributed by atoms with Gasteiger partial charge in [-0.25, -0.2) is 13.2 Å². The van der Waals surface area contributed by atoms with Crippen molar-refractivity contribution in [3.63, 3.8) is 0 Å². The average Bonchev–Trinajstić information content (AvgIpc) is 2.79. The largest absolute Gasteiger partial charge is 0.491 e. The summed E-state index contributed by atoms with van der Waals surface area (Å²) in [6, 6.07) is 17.1. The lowest BCUT2D eigenvalue weighted by Crippen LogP contribution is -2.54. The van der Waals surface area contributed by atoms with Gasteiger partial charge in [0.15, 0.2) is 0 Å². The molecule has 33 heavy (non-hydrogen) atoms. The van der Waals surface area contributed by atoms with Crippen LogP contribution in [0, 0.1) is 0 Å². The number of nitrogens with zero attached hydrogens (tertiary/aromatic N) is 2. The van der Waals surface area contributed by atoms with Crippen molar-refractivity contribution >= 4 is 16.1 Å². The summed E-state index contributed by atoms with van der Waals surface area (Å²) in [4.78, 5) is 14.3. The van der Waals surface area contributed by atoms with Crippen LogP contribution >= 0.6 is 0 Å². The lowest BCUT2D eigenvalue weighted by Gasteiger charge is -2.34. The van der Waals surface area contributed by atoms with Crippen LogP contribution in [0.25, 0.3) is 0 Å². The molecule has 0 aliphatic carbocycles. The molecular weight excluding hydrogens is 438 g/mol. The van der Waals surface area contributed by atoms with Crippen molar-refractivity contribution in [2.45, 2.75) is 51.5 Å². The number of piperazine rings is 1. The minimum atomic E-state index is -3.39. The van der Waals surface area contributed by atoms with Gasteiger partial charge < -0.3 is 15.0 Å². The molecule has 2 aromatic carbocycles. The zero-order valence-electron chi connectivity index (χ0n) is 19.7. The molecule has 0 bridgehead atoms. The van der Waals surface area contributed by atoms with Gasteiger partial charge in [-0.15, -0.1) is 0 Å². The Morgan fingerprint density at radius 3 is 2.18 bits per heavy atom. The van der Waals surface area contributed by atoms with Crippen LogP contribution in [0.1, 0.15) is 38.3 Å². The number of hydrogen-bond donors (Lipinski definition) is 1. The predicted octanol–water partition coefficient (Wildman–Crippen LogP) is 3.65. The molecule has 0 spiro atoms. The number of carbonyl (C=O) groups excluding carboxylic acids is 1. The van der Waals surface area contributed by atoms with Crippen LogP contribution in [0.3, 0.4) is 0 Å². The molecule has 1 saturated heterocycles. The first-order valence-corrected chi connectivity index (χ1v) is 13.2. The second-order valence-electron chi connectivity index (χ2n) is 8.83. The van der Waals surface area contributed by atoms with E-state index in [1.807, 2.05) is 63.2 Å². The maximum absolute atomic E-state index is 12.7. The molecule has 3 rings (SSSR count). The van der Waals surface area contributed by atoms with Crippen LogP contribution in [0.15, 0.2) is 54.6 Å². The van der Waals surface area contributed by atoms with E-state index >= 15 is 0 Å². The number of carbonyl (C=O) groups is 1. The Bertz CT molecular complexity index is 986. The van der Waals surface area contributed by atoms with Gasteiger partial charge in [-0.2, -0.15) is 4.31 Å². The normalized spacial score (nSPS) is 15.9. The molecule has 180 valence electrons. The topological polar surface area (TPSA) is 79.0 Å². The number of amides is 2. The molecule has 1 fully saturated rings. The molecule has 7 nitrogen and oxygen atoms in total. The first-order valence-electron chi connectivity index (χ1n) is 11.6. The van der Waals surface area contributed by atoms with E-state index in [4.69, 9.17) is 4.74 Å². The van der Waals surface area contributed by atoms with E-state index in [1.54, 1.807) is 4.90 Å². The number of urea groups is 1. The molecule has 1 unspecified atom stereocenters. The zero-order valence-corrected chi connectivity index (χ0v) is 20.6. The van der Waals surface area contributed by atoms with Crippen molar-refractivity contribution in [1.82, 2.24) is 14.5 Å². The molecule has 1 atom stereocenters. The Labute approximate surface area is 197 Å². The molecule has 2 aromatic rings. The van der Waals surface area contributed by atoms with Crippen LogP contribution in [-0.2, 0) is 22.2 Å². The Morgan fingerprint density at radius 2 is 1.58 bits per heavy atom. The van der Waals surface area contributed by atoms with Gasteiger partial charge >= 0.3 is 6.03 Å².